The summed E-state index contributed by atoms with van der Waals surface area (Å²) in [5.41, 5.74) is 7.00. The molecule has 0 bridgehead atoms. The van der Waals surface area contributed by atoms with E-state index in [1.807, 2.05) is 0 Å². The summed E-state index contributed by atoms with van der Waals surface area (Å²) < 4.78 is 5.19. The minimum absolute atomic E-state index is 0.378. The molecule has 1 aromatic heterocycles. The molecule has 0 spiro atoms. The quantitative estimate of drug-likeness (QED) is 0.851. The van der Waals surface area contributed by atoms with E-state index in [4.69, 9.17) is 21.9 Å². The van der Waals surface area contributed by atoms with Crippen LogP contribution >= 0.6 is 11.6 Å². The highest BCUT2D eigenvalue weighted by molar-refractivity contribution is 6.33. The van der Waals surface area contributed by atoms with Crippen LogP contribution in [0.15, 0.2) is 22.7 Å². The summed E-state index contributed by atoms with van der Waals surface area (Å²) in [7, 11) is 0. The van der Waals surface area contributed by atoms with Crippen molar-refractivity contribution < 1.29 is 4.52 Å². The molecule has 2 aromatic rings. The van der Waals surface area contributed by atoms with Gasteiger partial charge < -0.3 is 10.3 Å². The molecule has 0 saturated heterocycles. The molecule has 5 heteroatoms. The molecule has 0 aliphatic rings. The Bertz CT molecular complexity index is 502. The minimum atomic E-state index is 0.378. The number of anilines is 1. The third-order valence-corrected chi connectivity index (χ3v) is 2.63. The van der Waals surface area contributed by atoms with Gasteiger partial charge in [0.05, 0.1) is 10.6 Å². The van der Waals surface area contributed by atoms with Crippen LogP contribution < -0.4 is 5.73 Å². The van der Waals surface area contributed by atoms with E-state index < -0.39 is 0 Å². The topological polar surface area (TPSA) is 64.9 Å². The number of rotatable bonds is 3. The first-order valence-corrected chi connectivity index (χ1v) is 5.82. The second kappa shape index (κ2) is 4.75. The van der Waals surface area contributed by atoms with Crippen LogP contribution in [0.3, 0.4) is 0 Å². The van der Waals surface area contributed by atoms with Gasteiger partial charge >= 0.3 is 0 Å². The number of nitrogens with zero attached hydrogens (tertiary/aromatic N) is 2. The van der Waals surface area contributed by atoms with Crippen LogP contribution in [0, 0.1) is 5.92 Å². The van der Waals surface area contributed by atoms with E-state index in [1.54, 1.807) is 18.2 Å². The Morgan fingerprint density at radius 3 is 2.82 bits per heavy atom. The Balaban J connectivity index is 2.37. The standard InChI is InChI=1S/C12H14ClN3O/c1-7(2)6-10-15-12(17-16-10)11-8(13)4-3-5-9(11)14/h3-5,7H,6,14H2,1-2H3. The van der Waals surface area contributed by atoms with E-state index in [1.165, 1.54) is 0 Å². The highest BCUT2D eigenvalue weighted by Gasteiger charge is 2.15. The van der Waals surface area contributed by atoms with Crippen molar-refractivity contribution in [3.8, 4) is 11.5 Å². The molecule has 1 aromatic carbocycles. The van der Waals surface area contributed by atoms with Crippen LogP contribution in [0.4, 0.5) is 5.69 Å². The SMILES string of the molecule is CC(C)Cc1noc(-c2c(N)cccc2Cl)n1. The van der Waals surface area contributed by atoms with Crippen LogP contribution in [0.25, 0.3) is 11.5 Å². The summed E-state index contributed by atoms with van der Waals surface area (Å²) in [6, 6.07) is 5.29. The molecule has 0 aliphatic heterocycles. The molecule has 0 saturated carbocycles. The molecule has 0 unspecified atom stereocenters. The fourth-order valence-electron chi connectivity index (χ4n) is 1.57. The average Bonchev–Trinajstić information content (AvgIpc) is 2.65. The van der Waals surface area contributed by atoms with Crippen molar-refractivity contribution >= 4 is 17.3 Å². The van der Waals surface area contributed by atoms with Gasteiger partial charge in [-0.25, -0.2) is 0 Å². The van der Waals surface area contributed by atoms with Gasteiger partial charge in [0, 0.05) is 12.1 Å². The summed E-state index contributed by atoms with van der Waals surface area (Å²) in [5.74, 6) is 1.53. The van der Waals surface area contributed by atoms with E-state index >= 15 is 0 Å². The molecule has 4 nitrogen and oxygen atoms in total. The van der Waals surface area contributed by atoms with Crippen LogP contribution in [-0.2, 0) is 6.42 Å². The zero-order chi connectivity index (χ0) is 12.4. The molecule has 2 N–H and O–H groups in total. The summed E-state index contributed by atoms with van der Waals surface area (Å²) in [6.07, 6.45) is 0.772. The van der Waals surface area contributed by atoms with Crippen LogP contribution in [0.1, 0.15) is 19.7 Å². The van der Waals surface area contributed by atoms with Crippen molar-refractivity contribution in [3.63, 3.8) is 0 Å². The molecular weight excluding hydrogens is 238 g/mol. The van der Waals surface area contributed by atoms with E-state index in [2.05, 4.69) is 24.0 Å². The summed E-state index contributed by atoms with van der Waals surface area (Å²) in [6.45, 7) is 4.19. The Kier molecular flexibility index (Phi) is 3.33. The first-order chi connectivity index (χ1) is 8.08. The number of benzene rings is 1. The van der Waals surface area contributed by atoms with Gasteiger partial charge in [-0.05, 0) is 18.1 Å². The maximum absolute atomic E-state index is 6.07. The zero-order valence-corrected chi connectivity index (χ0v) is 10.5. The first kappa shape index (κ1) is 11.9. The number of nitrogens with two attached hydrogens (primary N) is 1. The monoisotopic (exact) mass is 251 g/mol. The predicted octanol–water partition coefficient (Wildman–Crippen LogP) is 3.17. The van der Waals surface area contributed by atoms with Crippen molar-refractivity contribution in [2.75, 3.05) is 5.73 Å². The number of halogens is 1. The smallest absolute Gasteiger partial charge is 0.261 e. The normalized spacial score (nSPS) is 11.1. The number of hydrogen-bond donors (Lipinski definition) is 1. The maximum atomic E-state index is 6.07. The Labute approximate surface area is 105 Å². The Morgan fingerprint density at radius 2 is 2.18 bits per heavy atom. The van der Waals surface area contributed by atoms with Crippen molar-refractivity contribution in [2.24, 2.45) is 5.92 Å². The minimum Gasteiger partial charge on any atom is -0.398 e. The van der Waals surface area contributed by atoms with E-state index in [0.717, 1.165) is 6.42 Å². The van der Waals surface area contributed by atoms with Crippen molar-refractivity contribution in [3.05, 3.63) is 29.0 Å². The predicted molar refractivity (Wildman–Crippen MR) is 67.7 cm³/mol. The summed E-state index contributed by atoms with van der Waals surface area (Å²) in [4.78, 5) is 4.30. The lowest BCUT2D eigenvalue weighted by atomic mass is 10.1. The fourth-order valence-corrected chi connectivity index (χ4v) is 1.83. The Morgan fingerprint density at radius 1 is 1.41 bits per heavy atom. The zero-order valence-electron chi connectivity index (χ0n) is 9.77. The van der Waals surface area contributed by atoms with Gasteiger partial charge in [-0.15, -0.1) is 0 Å². The van der Waals surface area contributed by atoms with Crippen molar-refractivity contribution in [1.29, 1.82) is 0 Å². The van der Waals surface area contributed by atoms with Gasteiger partial charge in [-0.2, -0.15) is 4.98 Å². The van der Waals surface area contributed by atoms with E-state index in [9.17, 15) is 0 Å². The van der Waals surface area contributed by atoms with Gasteiger partial charge in [0.15, 0.2) is 5.82 Å². The average molecular weight is 252 g/mol. The van der Waals surface area contributed by atoms with Crippen LogP contribution in [0.5, 0.6) is 0 Å². The highest BCUT2D eigenvalue weighted by atomic mass is 35.5. The van der Waals surface area contributed by atoms with E-state index in [-0.39, 0.29) is 0 Å². The number of nitrogen functional groups attached to an aromatic ring is 1. The molecule has 0 amide bonds. The number of hydrogen-bond acceptors (Lipinski definition) is 4. The molecule has 0 radical (unpaired) electrons. The number of aromatic nitrogens is 2. The maximum Gasteiger partial charge on any atom is 0.261 e. The largest absolute Gasteiger partial charge is 0.398 e. The van der Waals surface area contributed by atoms with Crippen LogP contribution in [-0.4, -0.2) is 10.1 Å². The van der Waals surface area contributed by atoms with Gasteiger partial charge in [-0.3, -0.25) is 0 Å². The molecule has 17 heavy (non-hydrogen) atoms. The van der Waals surface area contributed by atoms with Gasteiger partial charge in [0.2, 0.25) is 0 Å². The van der Waals surface area contributed by atoms with Gasteiger partial charge in [-0.1, -0.05) is 36.7 Å². The van der Waals surface area contributed by atoms with Gasteiger partial charge in [0.1, 0.15) is 0 Å². The summed E-state index contributed by atoms with van der Waals surface area (Å²) in [5, 5.41) is 4.43. The summed E-state index contributed by atoms with van der Waals surface area (Å²) >= 11 is 6.07. The lowest BCUT2D eigenvalue weighted by Crippen LogP contribution is -1.96. The second-order valence-electron chi connectivity index (χ2n) is 4.32. The lowest BCUT2D eigenvalue weighted by Gasteiger charge is -2.02. The fraction of sp³-hybridized carbons (Fsp3) is 0.333. The molecule has 1 heterocycles. The molecular formula is C12H14ClN3O. The first-order valence-electron chi connectivity index (χ1n) is 5.45. The highest BCUT2D eigenvalue weighted by Crippen LogP contribution is 2.31. The van der Waals surface area contributed by atoms with Crippen LogP contribution in [0.2, 0.25) is 5.02 Å². The van der Waals surface area contributed by atoms with Crippen molar-refractivity contribution in [2.45, 2.75) is 20.3 Å². The van der Waals surface area contributed by atoms with Gasteiger partial charge in [0.25, 0.3) is 5.89 Å². The third-order valence-electron chi connectivity index (χ3n) is 2.32. The Hall–Kier alpha value is -1.55. The second-order valence-corrected chi connectivity index (χ2v) is 4.72. The van der Waals surface area contributed by atoms with E-state index in [0.29, 0.717) is 33.9 Å². The molecule has 90 valence electrons. The lowest BCUT2D eigenvalue weighted by molar-refractivity contribution is 0.418. The molecule has 0 aliphatic carbocycles. The van der Waals surface area contributed by atoms with Crippen molar-refractivity contribution in [1.82, 2.24) is 10.1 Å². The molecule has 2 rings (SSSR count). The third kappa shape index (κ3) is 2.58. The molecule has 0 atom stereocenters. The molecule has 0 fully saturated rings.